The predicted molar refractivity (Wildman–Crippen MR) is 182 cm³/mol. The average Bonchev–Trinajstić information content (AvgIpc) is 3.08. The van der Waals surface area contributed by atoms with Gasteiger partial charge in [0.25, 0.3) is 0 Å². The molecule has 1 aromatic carbocycles. The van der Waals surface area contributed by atoms with Crippen LogP contribution in [0.5, 0.6) is 11.6 Å². The topological polar surface area (TPSA) is 102 Å². The first-order valence-corrected chi connectivity index (χ1v) is 16.4. The maximum Gasteiger partial charge on any atom is 0.415 e. The lowest BCUT2D eigenvalue weighted by molar-refractivity contribution is 0.0588. The van der Waals surface area contributed by atoms with Crippen molar-refractivity contribution in [2.75, 3.05) is 43.7 Å². The molecular formula is C36H42F2N6O5. The van der Waals surface area contributed by atoms with Crippen LogP contribution in [0, 0.1) is 11.6 Å². The second kappa shape index (κ2) is 13.6. The van der Waals surface area contributed by atoms with Gasteiger partial charge in [-0.15, -0.1) is 0 Å². The molecule has 2 aliphatic rings. The Bertz CT molecular complexity index is 1910. The molecule has 4 aromatic rings. The summed E-state index contributed by atoms with van der Waals surface area (Å²) in [5.41, 5.74) is 1.63. The monoisotopic (exact) mass is 676 g/mol. The van der Waals surface area contributed by atoms with E-state index in [0.717, 1.165) is 36.7 Å². The Morgan fingerprint density at radius 3 is 2.65 bits per heavy atom. The summed E-state index contributed by atoms with van der Waals surface area (Å²) in [7, 11) is 3.19. The molecule has 5 heterocycles. The van der Waals surface area contributed by atoms with E-state index in [-0.39, 0.29) is 47.3 Å². The second-order valence-electron chi connectivity index (χ2n) is 13.7. The zero-order chi connectivity index (χ0) is 35.0. The van der Waals surface area contributed by atoms with Crippen molar-refractivity contribution in [2.24, 2.45) is 0 Å². The van der Waals surface area contributed by atoms with Gasteiger partial charge in [0.05, 0.1) is 35.9 Å². The first kappa shape index (κ1) is 34.1. The molecule has 13 heteroatoms. The van der Waals surface area contributed by atoms with Crippen molar-refractivity contribution >= 4 is 28.5 Å². The molecule has 1 saturated heterocycles. The van der Waals surface area contributed by atoms with Crippen LogP contribution >= 0.6 is 0 Å². The van der Waals surface area contributed by atoms with Crippen LogP contribution in [-0.4, -0.2) is 71.0 Å². The van der Waals surface area contributed by atoms with E-state index in [2.05, 4.69) is 19.8 Å². The molecule has 0 radical (unpaired) electrons. The fraction of sp³-hybridized carbons (Fsp3) is 0.444. The summed E-state index contributed by atoms with van der Waals surface area (Å²) in [5.74, 6) is -1.47. The Morgan fingerprint density at radius 1 is 1.14 bits per heavy atom. The Morgan fingerprint density at radius 2 is 1.94 bits per heavy atom. The molecule has 1 fully saturated rings. The number of amides is 1. The Kier molecular flexibility index (Phi) is 9.47. The lowest BCUT2D eigenvalue weighted by Gasteiger charge is -2.40. The molecule has 49 heavy (non-hydrogen) atoms. The number of pyridine rings is 3. The molecule has 0 saturated carbocycles. The zero-order valence-electron chi connectivity index (χ0n) is 28.7. The number of rotatable bonds is 8. The number of methoxy groups -OCH3 is 1. The van der Waals surface area contributed by atoms with E-state index < -0.39 is 23.3 Å². The van der Waals surface area contributed by atoms with Gasteiger partial charge in [-0.25, -0.2) is 19.2 Å². The summed E-state index contributed by atoms with van der Waals surface area (Å²) in [4.78, 5) is 41.2. The predicted octanol–water partition coefficient (Wildman–Crippen LogP) is 6.07. The van der Waals surface area contributed by atoms with Gasteiger partial charge >= 0.3 is 6.09 Å². The SMILES string of the molecule is COc1cc(CN(Cc2cn3c4c(c(F)c(F)cc4c2=O)OCC3C)[C@H]2CCCN(c3ccc(N(C)C(=O)OC(C)(C)C)nc3)C2)ccn1. The molecule has 0 N–H and O–H groups in total. The van der Waals surface area contributed by atoms with E-state index in [1.54, 1.807) is 38.8 Å². The van der Waals surface area contributed by atoms with Gasteiger partial charge < -0.3 is 23.7 Å². The average molecular weight is 677 g/mol. The first-order chi connectivity index (χ1) is 23.3. The summed E-state index contributed by atoms with van der Waals surface area (Å²) >= 11 is 0. The Labute approximate surface area is 284 Å². The molecule has 0 spiro atoms. The van der Waals surface area contributed by atoms with Crippen molar-refractivity contribution in [3.05, 3.63) is 81.9 Å². The maximum absolute atomic E-state index is 14.7. The van der Waals surface area contributed by atoms with Crippen molar-refractivity contribution in [1.29, 1.82) is 0 Å². The fourth-order valence-corrected chi connectivity index (χ4v) is 6.47. The lowest BCUT2D eigenvalue weighted by Crippen LogP contribution is -2.48. The van der Waals surface area contributed by atoms with Crippen LogP contribution in [0.3, 0.4) is 0 Å². The Hall–Kier alpha value is -4.78. The minimum absolute atomic E-state index is 0.0229. The molecular weight excluding hydrogens is 634 g/mol. The molecule has 2 aliphatic heterocycles. The van der Waals surface area contributed by atoms with Crippen LogP contribution in [0.25, 0.3) is 10.9 Å². The number of hydrogen-bond donors (Lipinski definition) is 0. The Balaban J connectivity index is 1.30. The van der Waals surface area contributed by atoms with E-state index in [4.69, 9.17) is 14.2 Å². The third-order valence-electron chi connectivity index (χ3n) is 8.97. The number of halogens is 2. The van der Waals surface area contributed by atoms with Gasteiger partial charge in [-0.2, -0.15) is 4.39 Å². The zero-order valence-corrected chi connectivity index (χ0v) is 28.7. The normalized spacial score (nSPS) is 17.6. The number of aromatic nitrogens is 3. The number of carbonyl (C=O) groups excluding carboxylic acids is 1. The molecule has 6 rings (SSSR count). The largest absolute Gasteiger partial charge is 0.486 e. The van der Waals surface area contributed by atoms with Crippen LogP contribution in [0.4, 0.5) is 25.1 Å². The van der Waals surface area contributed by atoms with Crippen LogP contribution in [0.1, 0.15) is 57.7 Å². The van der Waals surface area contributed by atoms with Crippen LogP contribution in [-0.2, 0) is 17.8 Å². The highest BCUT2D eigenvalue weighted by atomic mass is 19.2. The molecule has 11 nitrogen and oxygen atoms in total. The van der Waals surface area contributed by atoms with Crippen LogP contribution < -0.4 is 24.7 Å². The second-order valence-corrected chi connectivity index (χ2v) is 13.7. The standard InChI is InChI=1S/C36H42F2N6O5/c1-22-21-48-34-31(38)28(37)15-27-32(34)44(22)19-24(33(27)45)18-43(17-23-11-12-39-30(14-23)47-6)26-8-7-13-42(20-26)25-9-10-29(40-16-25)41(5)35(46)49-36(2,3)4/h9-12,14-16,19,22,26H,7-8,13,17-18,20-21H2,1-6H3/t22?,26-/m0/s1. The number of hydrogen-bond acceptors (Lipinski definition) is 9. The number of anilines is 2. The lowest BCUT2D eigenvalue weighted by atomic mass is 10.0. The van der Waals surface area contributed by atoms with E-state index in [0.29, 0.717) is 30.4 Å². The van der Waals surface area contributed by atoms with Gasteiger partial charge in [-0.3, -0.25) is 14.6 Å². The molecule has 1 amide bonds. The number of ether oxygens (including phenoxy) is 3. The molecule has 0 aliphatic carbocycles. The number of nitrogens with zero attached hydrogens (tertiary/aromatic N) is 6. The fourth-order valence-electron chi connectivity index (χ4n) is 6.47. The first-order valence-electron chi connectivity index (χ1n) is 16.4. The van der Waals surface area contributed by atoms with Gasteiger partial charge in [0, 0.05) is 63.3 Å². The third kappa shape index (κ3) is 7.17. The van der Waals surface area contributed by atoms with Crippen molar-refractivity contribution in [1.82, 2.24) is 19.4 Å². The van der Waals surface area contributed by atoms with E-state index in [1.165, 1.54) is 4.90 Å². The summed E-state index contributed by atoms with van der Waals surface area (Å²) in [6, 6.07) is 8.35. The van der Waals surface area contributed by atoms with Gasteiger partial charge in [0.1, 0.15) is 18.0 Å². The van der Waals surface area contributed by atoms with Gasteiger partial charge in [-0.1, -0.05) is 0 Å². The number of carbonyl (C=O) groups is 1. The van der Waals surface area contributed by atoms with Crippen LogP contribution in [0.2, 0.25) is 0 Å². The van der Waals surface area contributed by atoms with Gasteiger partial charge in [0.15, 0.2) is 17.0 Å². The molecule has 3 aromatic heterocycles. The summed E-state index contributed by atoms with van der Waals surface area (Å²) in [6.07, 6.45) is 6.50. The highest BCUT2D eigenvalue weighted by Crippen LogP contribution is 2.36. The maximum atomic E-state index is 14.7. The van der Waals surface area contributed by atoms with Crippen molar-refractivity contribution in [3.63, 3.8) is 0 Å². The van der Waals surface area contributed by atoms with Crippen molar-refractivity contribution in [3.8, 4) is 11.6 Å². The van der Waals surface area contributed by atoms with E-state index in [1.807, 2.05) is 50.5 Å². The minimum atomic E-state index is -1.11. The quantitative estimate of drug-likeness (QED) is 0.220. The van der Waals surface area contributed by atoms with Crippen LogP contribution in [0.15, 0.2) is 53.7 Å². The molecule has 2 atom stereocenters. The summed E-state index contributed by atoms with van der Waals surface area (Å²) < 4.78 is 47.7. The molecule has 260 valence electrons. The highest BCUT2D eigenvalue weighted by molar-refractivity contribution is 5.87. The third-order valence-corrected chi connectivity index (χ3v) is 8.97. The highest BCUT2D eigenvalue weighted by Gasteiger charge is 2.30. The molecule has 0 bridgehead atoms. The van der Waals surface area contributed by atoms with Gasteiger partial charge in [0.2, 0.25) is 11.7 Å². The van der Waals surface area contributed by atoms with E-state index >= 15 is 0 Å². The van der Waals surface area contributed by atoms with Crippen molar-refractivity contribution in [2.45, 2.75) is 71.3 Å². The smallest absolute Gasteiger partial charge is 0.415 e. The summed E-state index contributed by atoms with van der Waals surface area (Å²) in [6.45, 7) is 9.76. The van der Waals surface area contributed by atoms with Crippen molar-refractivity contribution < 1.29 is 27.8 Å². The minimum Gasteiger partial charge on any atom is -0.486 e. The number of piperidine rings is 1. The van der Waals surface area contributed by atoms with Gasteiger partial charge in [-0.05, 0) is 70.4 Å². The summed E-state index contributed by atoms with van der Waals surface area (Å²) in [5, 5.41) is 0.0938. The molecule has 1 unspecified atom stereocenters. The number of benzene rings is 1. The van der Waals surface area contributed by atoms with E-state index in [9.17, 15) is 18.4 Å².